The highest BCUT2D eigenvalue weighted by molar-refractivity contribution is 6.04. The summed E-state index contributed by atoms with van der Waals surface area (Å²) in [6, 6.07) is 9.75. The summed E-state index contributed by atoms with van der Waals surface area (Å²) in [5.41, 5.74) is 3.05. The Balaban J connectivity index is 1.28. The van der Waals surface area contributed by atoms with E-state index in [0.717, 1.165) is 58.9 Å². The smallest absolute Gasteiger partial charge is 0.258 e. The van der Waals surface area contributed by atoms with Crippen LogP contribution < -0.4 is 0 Å². The molecule has 1 atom stereocenters. The van der Waals surface area contributed by atoms with Crippen LogP contribution in [0.1, 0.15) is 62.2 Å². The fourth-order valence-electron chi connectivity index (χ4n) is 4.95. The molecule has 0 N–H and O–H groups in total. The summed E-state index contributed by atoms with van der Waals surface area (Å²) < 4.78 is 34.6. The Bertz CT molecular complexity index is 1420. The molecule has 1 saturated carbocycles. The number of hydrogen-bond donors (Lipinski definition) is 0. The van der Waals surface area contributed by atoms with E-state index in [-0.39, 0.29) is 17.3 Å². The van der Waals surface area contributed by atoms with Crippen LogP contribution in [-0.4, -0.2) is 25.6 Å². The monoisotopic (exact) mass is 463 g/mol. The molecule has 0 bridgehead atoms. The molecule has 9 heteroatoms. The largest absolute Gasteiger partial charge is 0.380 e. The summed E-state index contributed by atoms with van der Waals surface area (Å²) in [5.74, 6) is -1.15. The van der Waals surface area contributed by atoms with Crippen LogP contribution in [-0.2, 0) is 10.4 Å². The number of oxime groups is 1. The SMILES string of the molecule is Cc1nn(C2CCCC2)c2cc(C3=NOC(C)(c4noc(-c5cc(F)cc(F)c5)n4)C3)ccc12. The van der Waals surface area contributed by atoms with Gasteiger partial charge in [0.25, 0.3) is 5.89 Å². The van der Waals surface area contributed by atoms with Gasteiger partial charge < -0.3 is 9.36 Å². The molecule has 7 nitrogen and oxygen atoms in total. The number of nitrogens with zero attached hydrogens (tertiary/aromatic N) is 5. The predicted molar refractivity (Wildman–Crippen MR) is 121 cm³/mol. The average Bonchev–Trinajstić information content (AvgIpc) is 3.60. The van der Waals surface area contributed by atoms with Gasteiger partial charge in [-0.15, -0.1) is 0 Å². The normalized spacial score (nSPS) is 20.8. The molecular formula is C25H23F2N5O2. The Labute approximate surface area is 194 Å². The molecule has 174 valence electrons. The van der Waals surface area contributed by atoms with Crippen LogP contribution in [0.3, 0.4) is 0 Å². The lowest BCUT2D eigenvalue weighted by molar-refractivity contribution is -0.0159. The van der Waals surface area contributed by atoms with Gasteiger partial charge in [-0.3, -0.25) is 4.68 Å². The van der Waals surface area contributed by atoms with Crippen LogP contribution >= 0.6 is 0 Å². The molecule has 0 amide bonds. The fourth-order valence-corrected chi connectivity index (χ4v) is 4.95. The molecule has 2 aromatic heterocycles. The van der Waals surface area contributed by atoms with E-state index in [9.17, 15) is 8.78 Å². The van der Waals surface area contributed by atoms with Crippen LogP contribution in [0.5, 0.6) is 0 Å². The zero-order valence-corrected chi connectivity index (χ0v) is 18.9. The van der Waals surface area contributed by atoms with E-state index in [4.69, 9.17) is 14.5 Å². The van der Waals surface area contributed by atoms with Gasteiger partial charge in [0.2, 0.25) is 11.4 Å². The van der Waals surface area contributed by atoms with Crippen LogP contribution in [0.25, 0.3) is 22.4 Å². The minimum absolute atomic E-state index is 0.0176. The van der Waals surface area contributed by atoms with E-state index in [1.54, 1.807) is 0 Å². The maximum absolute atomic E-state index is 13.6. The van der Waals surface area contributed by atoms with Gasteiger partial charge in [0, 0.05) is 29.0 Å². The van der Waals surface area contributed by atoms with Crippen molar-refractivity contribution in [2.45, 2.75) is 57.6 Å². The first-order chi connectivity index (χ1) is 16.4. The topological polar surface area (TPSA) is 78.3 Å². The van der Waals surface area contributed by atoms with Crippen molar-refractivity contribution in [1.82, 2.24) is 19.9 Å². The maximum atomic E-state index is 13.6. The maximum Gasteiger partial charge on any atom is 0.258 e. The second kappa shape index (κ2) is 7.72. The molecule has 1 fully saturated rings. The number of benzene rings is 2. The molecule has 0 saturated heterocycles. The minimum Gasteiger partial charge on any atom is -0.380 e. The molecule has 2 aliphatic rings. The Hall–Kier alpha value is -3.62. The third kappa shape index (κ3) is 3.46. The number of halogens is 2. The molecule has 2 aromatic carbocycles. The Morgan fingerprint density at radius 2 is 1.79 bits per heavy atom. The van der Waals surface area contributed by atoms with Crippen LogP contribution in [0.2, 0.25) is 0 Å². The lowest BCUT2D eigenvalue weighted by Crippen LogP contribution is -2.23. The van der Waals surface area contributed by atoms with Crippen molar-refractivity contribution >= 4 is 16.6 Å². The fraction of sp³-hybridized carbons (Fsp3) is 0.360. The Morgan fingerprint density at radius 3 is 2.56 bits per heavy atom. The van der Waals surface area contributed by atoms with Gasteiger partial charge >= 0.3 is 0 Å². The zero-order valence-electron chi connectivity index (χ0n) is 18.9. The van der Waals surface area contributed by atoms with Crippen molar-refractivity contribution in [3.63, 3.8) is 0 Å². The molecule has 0 radical (unpaired) electrons. The first-order valence-electron chi connectivity index (χ1n) is 11.4. The molecule has 1 unspecified atom stereocenters. The van der Waals surface area contributed by atoms with Crippen molar-refractivity contribution in [3.05, 3.63) is 65.1 Å². The van der Waals surface area contributed by atoms with E-state index >= 15 is 0 Å². The van der Waals surface area contributed by atoms with Crippen molar-refractivity contribution in [3.8, 4) is 11.5 Å². The molecule has 1 aliphatic carbocycles. The highest BCUT2D eigenvalue weighted by atomic mass is 19.1. The molecule has 3 heterocycles. The number of aryl methyl sites for hydroxylation is 1. The second-order valence-electron chi connectivity index (χ2n) is 9.32. The van der Waals surface area contributed by atoms with E-state index in [2.05, 4.69) is 32.1 Å². The lowest BCUT2D eigenvalue weighted by Gasteiger charge is -2.16. The molecule has 1 aliphatic heterocycles. The van der Waals surface area contributed by atoms with Gasteiger partial charge in [0.15, 0.2) is 0 Å². The number of hydrogen-bond acceptors (Lipinski definition) is 6. The van der Waals surface area contributed by atoms with Crippen molar-refractivity contribution in [2.24, 2.45) is 5.16 Å². The zero-order chi connectivity index (χ0) is 23.4. The van der Waals surface area contributed by atoms with E-state index < -0.39 is 17.2 Å². The van der Waals surface area contributed by atoms with Crippen molar-refractivity contribution in [1.29, 1.82) is 0 Å². The standard InChI is InChI=1S/C25H23F2N5O2/c1-14-20-8-7-15(11-22(20)32(29-14)19-5-3-4-6-19)21-13-25(2,34-30-21)24-28-23(33-31-24)16-9-17(26)12-18(27)10-16/h7-12,19H,3-6,13H2,1-2H3. The Morgan fingerprint density at radius 1 is 1.03 bits per heavy atom. The van der Waals surface area contributed by atoms with Crippen molar-refractivity contribution < 1.29 is 18.1 Å². The number of fused-ring (bicyclic) bond motifs is 1. The summed E-state index contributed by atoms with van der Waals surface area (Å²) in [7, 11) is 0. The molecule has 0 spiro atoms. The molecule has 34 heavy (non-hydrogen) atoms. The summed E-state index contributed by atoms with van der Waals surface area (Å²) >= 11 is 0. The minimum atomic E-state index is -0.959. The van der Waals surface area contributed by atoms with Gasteiger partial charge in [0.1, 0.15) is 11.6 Å². The van der Waals surface area contributed by atoms with Gasteiger partial charge in [-0.25, -0.2) is 8.78 Å². The molecule has 6 rings (SSSR count). The summed E-state index contributed by atoms with van der Waals surface area (Å²) in [6.45, 7) is 3.86. The third-order valence-corrected chi connectivity index (χ3v) is 6.77. The predicted octanol–water partition coefficient (Wildman–Crippen LogP) is 5.83. The van der Waals surface area contributed by atoms with E-state index in [1.807, 2.05) is 19.9 Å². The summed E-state index contributed by atoms with van der Waals surface area (Å²) in [4.78, 5) is 10.1. The van der Waals surface area contributed by atoms with Gasteiger partial charge in [-0.1, -0.05) is 35.3 Å². The Kier molecular flexibility index (Phi) is 4.75. The summed E-state index contributed by atoms with van der Waals surface area (Å²) in [6.07, 6.45) is 5.19. The third-order valence-electron chi connectivity index (χ3n) is 6.77. The number of aromatic nitrogens is 4. The number of rotatable bonds is 4. The first-order valence-corrected chi connectivity index (χ1v) is 11.4. The first kappa shape index (κ1) is 20.9. The van der Waals surface area contributed by atoms with Gasteiger partial charge in [-0.05, 0) is 44.9 Å². The molecular weight excluding hydrogens is 440 g/mol. The quantitative estimate of drug-likeness (QED) is 0.381. The summed E-state index contributed by atoms with van der Waals surface area (Å²) in [5, 5.41) is 14.3. The van der Waals surface area contributed by atoms with E-state index in [1.165, 1.54) is 12.8 Å². The lowest BCUT2D eigenvalue weighted by atomic mass is 9.94. The van der Waals surface area contributed by atoms with Gasteiger partial charge in [0.05, 0.1) is 23.0 Å². The van der Waals surface area contributed by atoms with E-state index in [0.29, 0.717) is 12.5 Å². The highest BCUT2D eigenvalue weighted by Gasteiger charge is 2.41. The van der Waals surface area contributed by atoms with Gasteiger partial charge in [-0.2, -0.15) is 10.1 Å². The highest BCUT2D eigenvalue weighted by Crippen LogP contribution is 2.37. The average molecular weight is 463 g/mol. The second-order valence-corrected chi connectivity index (χ2v) is 9.32. The molecule has 4 aromatic rings. The van der Waals surface area contributed by atoms with Crippen LogP contribution in [0.4, 0.5) is 8.78 Å². The van der Waals surface area contributed by atoms with Crippen molar-refractivity contribution in [2.75, 3.05) is 0 Å². The van der Waals surface area contributed by atoms with Crippen LogP contribution in [0.15, 0.2) is 46.1 Å². The van der Waals surface area contributed by atoms with Crippen LogP contribution in [0, 0.1) is 18.6 Å².